The Bertz CT molecular complexity index is 733. The van der Waals surface area contributed by atoms with Gasteiger partial charge in [-0.05, 0) is 25.5 Å². The molecule has 0 amide bonds. The SMILES string of the molecule is CC[C@]12OC[C@H](OC13CN3S(=O)(=O)c1ccc(C)cc1)[C@@H]2OC. The smallest absolute Gasteiger partial charge is 0.245 e. The second-order valence-corrected chi connectivity index (χ2v) is 8.34. The first-order valence-electron chi connectivity index (χ1n) is 7.85. The highest BCUT2D eigenvalue weighted by molar-refractivity contribution is 7.89. The van der Waals surface area contributed by atoms with Gasteiger partial charge in [0.1, 0.15) is 17.8 Å². The van der Waals surface area contributed by atoms with Crippen molar-refractivity contribution in [3.63, 3.8) is 0 Å². The summed E-state index contributed by atoms with van der Waals surface area (Å²) in [5, 5.41) is 0. The van der Waals surface area contributed by atoms with Crippen LogP contribution in [0.5, 0.6) is 0 Å². The molecule has 0 radical (unpaired) electrons. The molecular weight excluding hydrogens is 318 g/mol. The summed E-state index contributed by atoms with van der Waals surface area (Å²) in [6.45, 7) is 4.68. The van der Waals surface area contributed by atoms with Crippen molar-refractivity contribution in [2.75, 3.05) is 20.3 Å². The van der Waals surface area contributed by atoms with Crippen LogP contribution < -0.4 is 0 Å². The molecule has 3 aliphatic rings. The number of fused-ring (bicyclic) bond motifs is 3. The number of ether oxygens (including phenoxy) is 3. The zero-order chi connectivity index (χ0) is 16.5. The predicted octanol–water partition coefficient (Wildman–Crippen LogP) is 1.29. The maximum atomic E-state index is 12.9. The van der Waals surface area contributed by atoms with E-state index in [-0.39, 0.29) is 17.1 Å². The Kier molecular flexibility index (Phi) is 3.22. The molecule has 0 N–H and O–H groups in total. The van der Waals surface area contributed by atoms with Crippen LogP contribution in [0.25, 0.3) is 0 Å². The van der Waals surface area contributed by atoms with Crippen molar-refractivity contribution in [2.45, 2.75) is 48.7 Å². The van der Waals surface area contributed by atoms with E-state index in [1.807, 2.05) is 13.8 Å². The molecule has 3 fully saturated rings. The highest BCUT2D eigenvalue weighted by atomic mass is 32.2. The molecule has 0 aromatic heterocycles. The quantitative estimate of drug-likeness (QED) is 0.774. The summed E-state index contributed by atoms with van der Waals surface area (Å²) in [4.78, 5) is 0.284. The number of sulfonamides is 1. The monoisotopic (exact) mass is 339 g/mol. The Hall–Kier alpha value is -0.990. The molecule has 7 heteroatoms. The second-order valence-electron chi connectivity index (χ2n) is 6.48. The van der Waals surface area contributed by atoms with Gasteiger partial charge in [-0.25, -0.2) is 8.42 Å². The Morgan fingerprint density at radius 3 is 2.65 bits per heavy atom. The van der Waals surface area contributed by atoms with Gasteiger partial charge in [-0.1, -0.05) is 24.6 Å². The van der Waals surface area contributed by atoms with Crippen LogP contribution in [0.4, 0.5) is 0 Å². The molecule has 0 saturated carbocycles. The van der Waals surface area contributed by atoms with E-state index >= 15 is 0 Å². The van der Waals surface area contributed by atoms with Gasteiger partial charge in [-0.2, -0.15) is 4.31 Å². The minimum atomic E-state index is -3.60. The number of benzene rings is 1. The second kappa shape index (κ2) is 4.77. The van der Waals surface area contributed by atoms with E-state index in [0.29, 0.717) is 19.6 Å². The maximum absolute atomic E-state index is 12.9. The topological polar surface area (TPSA) is 64.8 Å². The van der Waals surface area contributed by atoms with E-state index in [0.717, 1.165) is 5.56 Å². The lowest BCUT2D eigenvalue weighted by Crippen LogP contribution is -2.52. The standard InChI is InChI=1S/C16H21NO5S/c1-4-15-14(20-3)13(9-21-15)22-16(15)10-17(16)23(18,19)12-7-5-11(2)6-8-12/h5-8,13-14H,4,9-10H2,1-3H3/t13-,14-,15+,16?,17?/m0/s1. The Balaban J connectivity index is 1.71. The van der Waals surface area contributed by atoms with Crippen molar-refractivity contribution in [2.24, 2.45) is 0 Å². The Labute approximate surface area is 136 Å². The molecule has 6 nitrogen and oxygen atoms in total. The lowest BCUT2D eigenvalue weighted by atomic mass is 9.89. The van der Waals surface area contributed by atoms with Crippen LogP contribution in [0, 0.1) is 6.92 Å². The van der Waals surface area contributed by atoms with Gasteiger partial charge < -0.3 is 14.2 Å². The third kappa shape index (κ3) is 1.80. The first-order chi connectivity index (χ1) is 10.9. The first-order valence-corrected chi connectivity index (χ1v) is 9.29. The van der Waals surface area contributed by atoms with Gasteiger partial charge in [0.25, 0.3) is 0 Å². The summed E-state index contributed by atoms with van der Waals surface area (Å²) in [6, 6.07) is 6.87. The summed E-state index contributed by atoms with van der Waals surface area (Å²) >= 11 is 0. The van der Waals surface area contributed by atoms with Crippen molar-refractivity contribution in [3.8, 4) is 0 Å². The van der Waals surface area contributed by atoms with Crippen molar-refractivity contribution in [1.82, 2.24) is 4.31 Å². The summed E-state index contributed by atoms with van der Waals surface area (Å²) in [7, 11) is -1.98. The summed E-state index contributed by atoms with van der Waals surface area (Å²) in [5.74, 6) is 0. The van der Waals surface area contributed by atoms with Crippen molar-refractivity contribution < 1.29 is 22.6 Å². The fourth-order valence-electron chi connectivity index (χ4n) is 4.12. The molecule has 1 aromatic rings. The van der Waals surface area contributed by atoms with Crippen LogP contribution >= 0.6 is 0 Å². The molecule has 3 heterocycles. The summed E-state index contributed by atoms with van der Waals surface area (Å²) in [5.41, 5.74) is -0.618. The zero-order valence-corrected chi connectivity index (χ0v) is 14.3. The molecule has 2 unspecified atom stereocenters. The number of hydrogen-bond donors (Lipinski definition) is 0. The van der Waals surface area contributed by atoms with Crippen molar-refractivity contribution in [3.05, 3.63) is 29.8 Å². The Morgan fingerprint density at radius 2 is 2.04 bits per heavy atom. The lowest BCUT2D eigenvalue weighted by molar-refractivity contribution is -0.179. The van der Waals surface area contributed by atoms with Gasteiger partial charge in [-0.15, -0.1) is 0 Å². The summed E-state index contributed by atoms with van der Waals surface area (Å²) < 4.78 is 45.0. The largest absolute Gasteiger partial charge is 0.375 e. The molecule has 23 heavy (non-hydrogen) atoms. The third-order valence-electron chi connectivity index (χ3n) is 5.36. The minimum Gasteiger partial charge on any atom is -0.375 e. The molecular formula is C16H21NO5S. The van der Waals surface area contributed by atoms with Crippen LogP contribution in [-0.2, 0) is 24.2 Å². The van der Waals surface area contributed by atoms with Gasteiger partial charge in [-0.3, -0.25) is 0 Å². The Morgan fingerprint density at radius 1 is 1.35 bits per heavy atom. The van der Waals surface area contributed by atoms with E-state index in [1.54, 1.807) is 31.4 Å². The number of rotatable bonds is 4. The predicted molar refractivity (Wildman–Crippen MR) is 82.4 cm³/mol. The van der Waals surface area contributed by atoms with E-state index in [2.05, 4.69) is 0 Å². The molecule has 4 rings (SSSR count). The average molecular weight is 339 g/mol. The highest BCUT2D eigenvalue weighted by Crippen LogP contribution is 2.60. The van der Waals surface area contributed by atoms with Gasteiger partial charge in [0, 0.05) is 7.11 Å². The number of methoxy groups -OCH3 is 1. The first kappa shape index (κ1) is 15.5. The van der Waals surface area contributed by atoms with E-state index < -0.39 is 21.3 Å². The average Bonchev–Trinajstić information content (AvgIpc) is 3.06. The lowest BCUT2D eigenvalue weighted by Gasteiger charge is -2.35. The molecule has 1 aromatic carbocycles. The van der Waals surface area contributed by atoms with Crippen LogP contribution in [0.2, 0.25) is 0 Å². The van der Waals surface area contributed by atoms with Crippen LogP contribution in [0.1, 0.15) is 18.9 Å². The van der Waals surface area contributed by atoms with Gasteiger partial charge in [0.2, 0.25) is 10.0 Å². The normalized spacial score (nSPS) is 41.6. The number of aryl methyl sites for hydroxylation is 1. The molecule has 1 spiro atoms. The zero-order valence-electron chi connectivity index (χ0n) is 13.5. The fourth-order valence-corrected chi connectivity index (χ4v) is 5.79. The number of nitrogens with zero attached hydrogens (tertiary/aromatic N) is 1. The number of hydrogen-bond acceptors (Lipinski definition) is 5. The van der Waals surface area contributed by atoms with Crippen LogP contribution in [0.15, 0.2) is 29.2 Å². The molecule has 3 aliphatic heterocycles. The van der Waals surface area contributed by atoms with Crippen LogP contribution in [0.3, 0.4) is 0 Å². The molecule has 126 valence electrons. The van der Waals surface area contributed by atoms with Gasteiger partial charge >= 0.3 is 0 Å². The molecule has 0 aliphatic carbocycles. The van der Waals surface area contributed by atoms with Crippen molar-refractivity contribution in [1.29, 1.82) is 0 Å². The van der Waals surface area contributed by atoms with Gasteiger partial charge in [0.05, 0.1) is 18.0 Å². The van der Waals surface area contributed by atoms with E-state index in [1.165, 1.54) is 4.31 Å². The summed E-state index contributed by atoms with van der Waals surface area (Å²) in [6.07, 6.45) is 0.200. The fraction of sp³-hybridized carbons (Fsp3) is 0.625. The van der Waals surface area contributed by atoms with E-state index in [4.69, 9.17) is 14.2 Å². The van der Waals surface area contributed by atoms with Gasteiger partial charge in [0.15, 0.2) is 5.72 Å². The highest BCUT2D eigenvalue weighted by Gasteiger charge is 2.82. The van der Waals surface area contributed by atoms with Crippen LogP contribution in [-0.4, -0.2) is 56.5 Å². The molecule has 5 atom stereocenters. The van der Waals surface area contributed by atoms with E-state index in [9.17, 15) is 8.42 Å². The molecule has 2 bridgehead atoms. The maximum Gasteiger partial charge on any atom is 0.245 e. The minimum absolute atomic E-state index is 0.210. The molecule has 3 saturated heterocycles. The third-order valence-corrected chi connectivity index (χ3v) is 7.23. The van der Waals surface area contributed by atoms with Crippen molar-refractivity contribution >= 4 is 10.0 Å².